The number of benzene rings is 2. The maximum Gasteiger partial charge on any atom is 0.175 e. The van der Waals surface area contributed by atoms with Gasteiger partial charge in [-0.1, -0.05) is 35.9 Å². The Hall–Kier alpha value is -1.72. The van der Waals surface area contributed by atoms with Crippen LogP contribution in [-0.2, 0) is 16.3 Å². The molecule has 0 N–H and O–H groups in total. The Kier molecular flexibility index (Phi) is 4.44. The predicted octanol–water partition coefficient (Wildman–Crippen LogP) is 3.31. The number of carbonyl (C=O) groups excluding carboxylic acids is 1. The minimum absolute atomic E-state index is 0.0682. The molecule has 0 bridgehead atoms. The van der Waals surface area contributed by atoms with E-state index in [1.807, 2.05) is 0 Å². The number of ketones is 1. The highest BCUT2D eigenvalue weighted by Crippen LogP contribution is 2.22. The first kappa shape index (κ1) is 15.7. The number of carbonyl (C=O) groups is 1. The molecule has 0 heterocycles. The van der Waals surface area contributed by atoms with Crippen molar-refractivity contribution >= 4 is 27.2 Å². The molecule has 3 nitrogen and oxygen atoms in total. The molecule has 0 radical (unpaired) electrons. The number of hydrogen-bond acceptors (Lipinski definition) is 3. The van der Waals surface area contributed by atoms with E-state index in [0.717, 1.165) is 6.26 Å². The van der Waals surface area contributed by atoms with Gasteiger partial charge in [-0.2, -0.15) is 0 Å². The number of Topliss-reactive ketones (excluding diaryl/α,β-unsaturated/α-hetero) is 1. The van der Waals surface area contributed by atoms with E-state index in [4.69, 9.17) is 11.6 Å². The zero-order valence-corrected chi connectivity index (χ0v) is 12.7. The molecule has 0 aliphatic carbocycles. The van der Waals surface area contributed by atoms with Gasteiger partial charge in [-0.3, -0.25) is 4.79 Å². The van der Waals surface area contributed by atoms with Crippen molar-refractivity contribution in [1.82, 2.24) is 0 Å². The lowest BCUT2D eigenvalue weighted by atomic mass is 10.0. The standard InChI is InChI=1S/C15H12ClFO3S/c1-21(19,20)12-6-2-4-10(8-12)14(18)9-11-5-3-7-13(17)15(11)16/h2-8H,9H2,1H3. The molecule has 2 aromatic rings. The zero-order chi connectivity index (χ0) is 15.6. The third kappa shape index (κ3) is 3.68. The van der Waals surface area contributed by atoms with Crippen LogP contribution in [0.25, 0.3) is 0 Å². The molecule has 0 unspecified atom stereocenters. The van der Waals surface area contributed by atoms with Crippen molar-refractivity contribution in [3.05, 3.63) is 64.4 Å². The number of sulfone groups is 1. The van der Waals surface area contributed by atoms with Crippen LogP contribution in [0.15, 0.2) is 47.4 Å². The summed E-state index contributed by atoms with van der Waals surface area (Å²) in [6, 6.07) is 9.98. The molecule has 0 amide bonds. The average molecular weight is 327 g/mol. The summed E-state index contributed by atoms with van der Waals surface area (Å²) >= 11 is 5.81. The van der Waals surface area contributed by atoms with Gasteiger partial charge in [-0.25, -0.2) is 12.8 Å². The van der Waals surface area contributed by atoms with Gasteiger partial charge in [-0.15, -0.1) is 0 Å². The molecular weight excluding hydrogens is 315 g/mol. The Labute approximate surface area is 127 Å². The van der Waals surface area contributed by atoms with Crippen LogP contribution in [0.4, 0.5) is 4.39 Å². The van der Waals surface area contributed by atoms with E-state index in [2.05, 4.69) is 0 Å². The van der Waals surface area contributed by atoms with Crippen LogP contribution in [0.5, 0.6) is 0 Å². The highest BCUT2D eigenvalue weighted by molar-refractivity contribution is 7.90. The van der Waals surface area contributed by atoms with Crippen LogP contribution in [-0.4, -0.2) is 20.5 Å². The maximum atomic E-state index is 13.3. The van der Waals surface area contributed by atoms with Crippen molar-refractivity contribution in [2.24, 2.45) is 0 Å². The van der Waals surface area contributed by atoms with E-state index >= 15 is 0 Å². The molecule has 0 saturated carbocycles. The second kappa shape index (κ2) is 5.95. The van der Waals surface area contributed by atoms with Crippen molar-refractivity contribution in [1.29, 1.82) is 0 Å². The van der Waals surface area contributed by atoms with Crippen LogP contribution < -0.4 is 0 Å². The summed E-state index contributed by atoms with van der Waals surface area (Å²) in [4.78, 5) is 12.2. The third-order valence-corrected chi connectivity index (χ3v) is 4.50. The Bertz CT molecular complexity index is 800. The molecule has 0 atom stereocenters. The number of rotatable bonds is 4. The maximum absolute atomic E-state index is 13.3. The van der Waals surface area contributed by atoms with Gasteiger partial charge >= 0.3 is 0 Å². The summed E-state index contributed by atoms with van der Waals surface area (Å²) in [5, 5.41) is -0.0925. The second-order valence-electron chi connectivity index (χ2n) is 4.61. The fourth-order valence-corrected chi connectivity index (χ4v) is 2.72. The molecule has 2 rings (SSSR count). The summed E-state index contributed by atoms with van der Waals surface area (Å²) in [5.41, 5.74) is 0.615. The fraction of sp³-hybridized carbons (Fsp3) is 0.133. The fourth-order valence-electron chi connectivity index (χ4n) is 1.86. The summed E-state index contributed by atoms with van der Waals surface area (Å²) < 4.78 is 36.3. The smallest absolute Gasteiger partial charge is 0.175 e. The number of halogens is 2. The second-order valence-corrected chi connectivity index (χ2v) is 7.01. The Morgan fingerprint density at radius 2 is 1.86 bits per heavy atom. The number of hydrogen-bond donors (Lipinski definition) is 0. The molecule has 0 fully saturated rings. The van der Waals surface area contributed by atoms with Crippen molar-refractivity contribution in [2.75, 3.05) is 6.26 Å². The summed E-state index contributed by atoms with van der Waals surface area (Å²) in [7, 11) is -3.38. The molecule has 0 aromatic heterocycles. The molecule has 0 aliphatic heterocycles. The van der Waals surface area contributed by atoms with Crippen LogP contribution in [0, 0.1) is 5.82 Å². The lowest BCUT2D eigenvalue weighted by Gasteiger charge is -2.06. The predicted molar refractivity (Wildman–Crippen MR) is 79.0 cm³/mol. The normalized spacial score (nSPS) is 11.4. The quantitative estimate of drug-likeness (QED) is 0.810. The van der Waals surface area contributed by atoms with E-state index < -0.39 is 15.7 Å². The Morgan fingerprint density at radius 1 is 1.19 bits per heavy atom. The zero-order valence-electron chi connectivity index (χ0n) is 11.1. The first-order valence-electron chi connectivity index (χ1n) is 6.05. The van der Waals surface area contributed by atoms with Gasteiger partial charge in [0.1, 0.15) is 5.82 Å². The van der Waals surface area contributed by atoms with Crippen LogP contribution in [0.1, 0.15) is 15.9 Å². The van der Waals surface area contributed by atoms with Crippen molar-refractivity contribution in [2.45, 2.75) is 11.3 Å². The average Bonchev–Trinajstić information content (AvgIpc) is 2.43. The monoisotopic (exact) mass is 326 g/mol. The highest BCUT2D eigenvalue weighted by Gasteiger charge is 2.14. The first-order valence-corrected chi connectivity index (χ1v) is 8.32. The lowest BCUT2D eigenvalue weighted by molar-refractivity contribution is 0.0992. The van der Waals surface area contributed by atoms with Gasteiger partial charge in [-0.05, 0) is 23.8 Å². The molecule has 0 saturated heterocycles. The van der Waals surface area contributed by atoms with Gasteiger partial charge < -0.3 is 0 Å². The van der Waals surface area contributed by atoms with Gasteiger partial charge in [0.2, 0.25) is 0 Å². The Morgan fingerprint density at radius 3 is 2.52 bits per heavy atom. The molecular formula is C15H12ClFO3S. The topological polar surface area (TPSA) is 51.2 Å². The summed E-state index contributed by atoms with van der Waals surface area (Å²) in [6.07, 6.45) is 0.976. The van der Waals surface area contributed by atoms with E-state index in [-0.39, 0.29) is 27.7 Å². The van der Waals surface area contributed by atoms with Crippen molar-refractivity contribution in [3.8, 4) is 0 Å². The molecule has 21 heavy (non-hydrogen) atoms. The first-order chi connectivity index (χ1) is 9.79. The molecule has 0 aliphatic rings. The SMILES string of the molecule is CS(=O)(=O)c1cccc(C(=O)Cc2cccc(F)c2Cl)c1. The minimum atomic E-state index is -3.38. The van der Waals surface area contributed by atoms with E-state index in [1.165, 1.54) is 36.4 Å². The van der Waals surface area contributed by atoms with Crippen molar-refractivity contribution < 1.29 is 17.6 Å². The molecule has 2 aromatic carbocycles. The van der Waals surface area contributed by atoms with Crippen LogP contribution in [0.2, 0.25) is 5.02 Å². The molecule has 110 valence electrons. The summed E-state index contributed by atoms with van der Waals surface area (Å²) in [6.45, 7) is 0. The van der Waals surface area contributed by atoms with Gasteiger partial charge in [0.05, 0.1) is 9.92 Å². The molecule has 0 spiro atoms. The third-order valence-electron chi connectivity index (χ3n) is 2.97. The lowest BCUT2D eigenvalue weighted by Crippen LogP contribution is -2.06. The van der Waals surface area contributed by atoms with Gasteiger partial charge in [0.15, 0.2) is 15.6 Å². The van der Waals surface area contributed by atoms with Gasteiger partial charge in [0.25, 0.3) is 0 Å². The highest BCUT2D eigenvalue weighted by atomic mass is 35.5. The molecule has 6 heteroatoms. The van der Waals surface area contributed by atoms with E-state index in [9.17, 15) is 17.6 Å². The van der Waals surface area contributed by atoms with Gasteiger partial charge in [0, 0.05) is 18.2 Å². The minimum Gasteiger partial charge on any atom is -0.294 e. The summed E-state index contributed by atoms with van der Waals surface area (Å²) in [5.74, 6) is -0.917. The van der Waals surface area contributed by atoms with E-state index in [0.29, 0.717) is 5.56 Å². The van der Waals surface area contributed by atoms with Crippen LogP contribution >= 0.6 is 11.6 Å². The van der Waals surface area contributed by atoms with Crippen molar-refractivity contribution in [3.63, 3.8) is 0 Å². The van der Waals surface area contributed by atoms with E-state index in [1.54, 1.807) is 6.07 Å². The Balaban J connectivity index is 2.31. The van der Waals surface area contributed by atoms with Crippen LogP contribution in [0.3, 0.4) is 0 Å². The largest absolute Gasteiger partial charge is 0.294 e.